The second kappa shape index (κ2) is 9.82. The average molecular weight is 480 g/mol. The molecule has 0 aliphatic carbocycles. The molecule has 1 aromatic heterocycles. The largest absolute Gasteiger partial charge is 0.343 e. The van der Waals surface area contributed by atoms with E-state index in [4.69, 9.17) is 0 Å². The molecule has 2 atom stereocenters. The van der Waals surface area contributed by atoms with Gasteiger partial charge in [-0.1, -0.05) is 36.4 Å². The third-order valence-corrected chi connectivity index (χ3v) is 6.46. The summed E-state index contributed by atoms with van der Waals surface area (Å²) in [6, 6.07) is 13.0. The molecule has 1 aliphatic heterocycles. The summed E-state index contributed by atoms with van der Waals surface area (Å²) in [5.74, 6) is -2.46. The Hall–Kier alpha value is -3.81. The summed E-state index contributed by atoms with van der Waals surface area (Å²) in [6.07, 6.45) is 1.12. The number of amides is 2. The second-order valence-corrected chi connectivity index (χ2v) is 9.06. The lowest BCUT2D eigenvalue weighted by Crippen LogP contribution is -2.52. The fraction of sp³-hybridized carbons (Fsp3) is 0.296. The van der Waals surface area contributed by atoms with Crippen molar-refractivity contribution in [2.45, 2.75) is 38.3 Å². The molecule has 2 amide bonds. The standard InChI is InChI=1S/C27H27F2N3O3/c1-16-10-11-20-12-13-22(30-25(33)27(35)31(2)3)23(32(20)26(16)34)15-18-7-5-9-21(24(18)29)17-6-4-8-19(28)14-17/h4-11,14,22-23H,12-13,15H2,1-3H3,(H,30,33). The van der Waals surface area contributed by atoms with E-state index in [0.29, 0.717) is 29.5 Å². The first-order chi connectivity index (χ1) is 16.7. The van der Waals surface area contributed by atoms with Crippen molar-refractivity contribution >= 4 is 11.8 Å². The molecule has 2 aromatic carbocycles. The number of aryl methyl sites for hydroxylation is 2. The number of aromatic nitrogens is 1. The van der Waals surface area contributed by atoms with Crippen molar-refractivity contribution in [3.05, 3.63) is 93.4 Å². The van der Waals surface area contributed by atoms with Crippen molar-refractivity contribution in [1.29, 1.82) is 0 Å². The van der Waals surface area contributed by atoms with Crippen LogP contribution in [0.25, 0.3) is 11.1 Å². The van der Waals surface area contributed by atoms with Crippen LogP contribution in [0.2, 0.25) is 0 Å². The Kier molecular flexibility index (Phi) is 6.82. The molecule has 182 valence electrons. The van der Waals surface area contributed by atoms with Gasteiger partial charge in [-0.25, -0.2) is 8.78 Å². The molecule has 35 heavy (non-hydrogen) atoms. The molecule has 2 unspecified atom stereocenters. The highest BCUT2D eigenvalue weighted by atomic mass is 19.1. The summed E-state index contributed by atoms with van der Waals surface area (Å²) in [5.41, 5.74) is 2.09. The van der Waals surface area contributed by atoms with Crippen molar-refractivity contribution in [2.75, 3.05) is 14.1 Å². The molecule has 0 saturated heterocycles. The minimum Gasteiger partial charge on any atom is -0.343 e. The smallest absolute Gasteiger partial charge is 0.311 e. The molecule has 8 heteroatoms. The van der Waals surface area contributed by atoms with E-state index in [0.717, 1.165) is 5.69 Å². The number of pyridine rings is 1. The van der Waals surface area contributed by atoms with Crippen LogP contribution < -0.4 is 10.9 Å². The zero-order valence-electron chi connectivity index (χ0n) is 19.8. The van der Waals surface area contributed by atoms with Crippen molar-refractivity contribution < 1.29 is 18.4 Å². The van der Waals surface area contributed by atoms with Gasteiger partial charge in [-0.15, -0.1) is 0 Å². The van der Waals surface area contributed by atoms with Crippen LogP contribution in [0, 0.1) is 18.6 Å². The zero-order chi connectivity index (χ0) is 25.3. The van der Waals surface area contributed by atoms with Gasteiger partial charge in [0.05, 0.1) is 12.1 Å². The van der Waals surface area contributed by atoms with Gasteiger partial charge in [0.1, 0.15) is 11.6 Å². The number of halogens is 2. The number of hydrogen-bond acceptors (Lipinski definition) is 3. The van der Waals surface area contributed by atoms with Gasteiger partial charge < -0.3 is 14.8 Å². The van der Waals surface area contributed by atoms with Crippen LogP contribution in [-0.4, -0.2) is 41.4 Å². The molecule has 0 radical (unpaired) electrons. The molecule has 6 nitrogen and oxygen atoms in total. The number of fused-ring (bicyclic) bond motifs is 1. The highest BCUT2D eigenvalue weighted by Gasteiger charge is 2.34. The highest BCUT2D eigenvalue weighted by Crippen LogP contribution is 2.31. The van der Waals surface area contributed by atoms with Crippen LogP contribution in [0.15, 0.2) is 59.4 Å². The Morgan fingerprint density at radius 1 is 1.09 bits per heavy atom. The third-order valence-electron chi connectivity index (χ3n) is 6.46. The monoisotopic (exact) mass is 479 g/mol. The number of nitrogens with one attached hydrogen (secondary N) is 1. The van der Waals surface area contributed by atoms with Crippen molar-refractivity contribution in [3.8, 4) is 11.1 Å². The quantitative estimate of drug-likeness (QED) is 0.583. The Labute approximate surface area is 202 Å². The first-order valence-electron chi connectivity index (χ1n) is 11.4. The summed E-state index contributed by atoms with van der Waals surface area (Å²) >= 11 is 0. The number of carbonyl (C=O) groups is 2. The fourth-order valence-electron chi connectivity index (χ4n) is 4.61. The molecule has 3 aromatic rings. The third kappa shape index (κ3) is 4.87. The maximum Gasteiger partial charge on any atom is 0.311 e. The fourth-order valence-corrected chi connectivity index (χ4v) is 4.61. The van der Waals surface area contributed by atoms with E-state index in [1.54, 1.807) is 41.8 Å². The van der Waals surface area contributed by atoms with Crippen LogP contribution in [0.4, 0.5) is 8.78 Å². The number of likely N-dealkylation sites (N-methyl/N-ethyl adjacent to an activating group) is 1. The summed E-state index contributed by atoms with van der Waals surface area (Å²) in [5, 5.41) is 2.77. The van der Waals surface area contributed by atoms with Gasteiger partial charge in [-0.3, -0.25) is 14.4 Å². The summed E-state index contributed by atoms with van der Waals surface area (Å²) in [7, 11) is 2.97. The molecular weight excluding hydrogens is 452 g/mol. The van der Waals surface area contributed by atoms with Crippen LogP contribution in [0.1, 0.15) is 29.3 Å². The van der Waals surface area contributed by atoms with E-state index >= 15 is 4.39 Å². The minimum absolute atomic E-state index is 0.104. The highest BCUT2D eigenvalue weighted by molar-refractivity contribution is 6.34. The van der Waals surface area contributed by atoms with Gasteiger partial charge in [-0.2, -0.15) is 0 Å². The Morgan fingerprint density at radius 3 is 2.54 bits per heavy atom. The molecule has 0 spiro atoms. The molecule has 1 aliphatic rings. The Bertz CT molecular complexity index is 1350. The Balaban J connectivity index is 1.76. The average Bonchev–Trinajstić information content (AvgIpc) is 2.83. The Morgan fingerprint density at radius 2 is 1.83 bits per heavy atom. The first kappa shape index (κ1) is 24.3. The van der Waals surface area contributed by atoms with Crippen LogP contribution in [0.3, 0.4) is 0 Å². The molecule has 0 saturated carbocycles. The van der Waals surface area contributed by atoms with Crippen molar-refractivity contribution in [1.82, 2.24) is 14.8 Å². The van der Waals surface area contributed by atoms with E-state index in [1.807, 2.05) is 6.07 Å². The van der Waals surface area contributed by atoms with Gasteiger partial charge in [0.25, 0.3) is 5.56 Å². The van der Waals surface area contributed by atoms with Crippen LogP contribution in [-0.2, 0) is 22.4 Å². The maximum absolute atomic E-state index is 15.7. The van der Waals surface area contributed by atoms with Gasteiger partial charge in [0, 0.05) is 30.9 Å². The topological polar surface area (TPSA) is 71.4 Å². The molecule has 1 N–H and O–H groups in total. The number of benzene rings is 2. The molecule has 0 fully saturated rings. The second-order valence-electron chi connectivity index (χ2n) is 9.06. The zero-order valence-corrected chi connectivity index (χ0v) is 19.8. The summed E-state index contributed by atoms with van der Waals surface area (Å²) in [6.45, 7) is 1.70. The molecule has 0 bridgehead atoms. The van der Waals surface area contributed by atoms with Gasteiger partial charge >= 0.3 is 11.8 Å². The lowest BCUT2D eigenvalue weighted by Gasteiger charge is -2.36. The predicted molar refractivity (Wildman–Crippen MR) is 129 cm³/mol. The van der Waals surface area contributed by atoms with Crippen molar-refractivity contribution in [3.63, 3.8) is 0 Å². The number of nitrogens with zero attached hydrogens (tertiary/aromatic N) is 2. The first-order valence-corrected chi connectivity index (χ1v) is 11.4. The number of carbonyl (C=O) groups excluding carboxylic acids is 2. The summed E-state index contributed by atoms with van der Waals surface area (Å²) in [4.78, 5) is 39.1. The lowest BCUT2D eigenvalue weighted by molar-refractivity contribution is -0.144. The van der Waals surface area contributed by atoms with Crippen LogP contribution in [0.5, 0.6) is 0 Å². The van der Waals surface area contributed by atoms with Gasteiger partial charge in [0.2, 0.25) is 0 Å². The van der Waals surface area contributed by atoms with Crippen LogP contribution >= 0.6 is 0 Å². The van der Waals surface area contributed by atoms with Gasteiger partial charge in [-0.05, 0) is 55.5 Å². The van der Waals surface area contributed by atoms with Crippen molar-refractivity contribution in [2.24, 2.45) is 0 Å². The lowest BCUT2D eigenvalue weighted by atomic mass is 9.89. The molecule has 4 rings (SSSR count). The number of rotatable bonds is 4. The van der Waals surface area contributed by atoms with E-state index < -0.39 is 35.5 Å². The molecular formula is C27H27F2N3O3. The van der Waals surface area contributed by atoms with E-state index in [-0.39, 0.29) is 17.5 Å². The minimum atomic E-state index is -0.775. The number of hydrogen-bond donors (Lipinski definition) is 1. The maximum atomic E-state index is 15.7. The van der Waals surface area contributed by atoms with E-state index in [1.165, 1.54) is 37.2 Å². The molecule has 2 heterocycles. The predicted octanol–water partition coefficient (Wildman–Crippen LogP) is 3.40. The normalized spacial score (nSPS) is 16.9. The SMILES string of the molecule is Cc1ccc2n(c1=O)C(Cc1cccc(-c3cccc(F)c3)c1F)C(NC(=O)C(=O)N(C)C)CC2. The van der Waals surface area contributed by atoms with E-state index in [9.17, 15) is 18.8 Å². The van der Waals surface area contributed by atoms with Gasteiger partial charge in [0.15, 0.2) is 0 Å². The summed E-state index contributed by atoms with van der Waals surface area (Å²) < 4.78 is 31.0. The van der Waals surface area contributed by atoms with E-state index in [2.05, 4.69) is 5.32 Å².